The molecule has 7 heteroatoms. The van der Waals surface area contributed by atoms with Gasteiger partial charge in [0, 0.05) is 5.56 Å². The fraction of sp³-hybridized carbons (Fsp3) is 0.167. The average molecular weight is 419 g/mol. The molecule has 1 atom stereocenters. The third kappa shape index (κ3) is 3.66. The third-order valence-electron chi connectivity index (χ3n) is 5.29. The van der Waals surface area contributed by atoms with Crippen LogP contribution in [0.5, 0.6) is 11.5 Å². The van der Waals surface area contributed by atoms with Crippen LogP contribution in [-0.4, -0.2) is 33.9 Å². The van der Waals surface area contributed by atoms with Crippen molar-refractivity contribution in [3.63, 3.8) is 0 Å². The number of hydrogen-bond acceptors (Lipinski definition) is 6. The molecule has 2 N–H and O–H groups in total. The van der Waals surface area contributed by atoms with Crippen molar-refractivity contribution < 1.29 is 29.0 Å². The van der Waals surface area contributed by atoms with Gasteiger partial charge in [-0.25, -0.2) is 0 Å². The number of carbonyl (C=O) groups excluding carboxylic acids is 2. The molecule has 1 unspecified atom stereocenters. The number of rotatable bonds is 5. The summed E-state index contributed by atoms with van der Waals surface area (Å²) in [6, 6.07) is 14.1. The fourth-order valence-corrected chi connectivity index (χ4v) is 3.69. The first kappa shape index (κ1) is 20.3. The number of aliphatic hydroxyl groups excluding tert-OH is 1. The summed E-state index contributed by atoms with van der Waals surface area (Å²) < 4.78 is 10.6. The molecule has 7 nitrogen and oxygen atoms in total. The van der Waals surface area contributed by atoms with Crippen LogP contribution < -0.4 is 4.74 Å². The van der Waals surface area contributed by atoms with Crippen molar-refractivity contribution in [3.05, 3.63) is 88.9 Å². The summed E-state index contributed by atoms with van der Waals surface area (Å²) in [5.41, 5.74) is 1.90. The van der Waals surface area contributed by atoms with E-state index in [4.69, 9.17) is 9.15 Å². The highest BCUT2D eigenvalue weighted by molar-refractivity contribution is 6.46. The maximum atomic E-state index is 13.0. The van der Waals surface area contributed by atoms with Gasteiger partial charge in [-0.05, 0) is 36.8 Å². The van der Waals surface area contributed by atoms with Crippen LogP contribution in [0.3, 0.4) is 0 Å². The van der Waals surface area contributed by atoms with E-state index in [2.05, 4.69) is 0 Å². The van der Waals surface area contributed by atoms with Crippen LogP contribution in [0.4, 0.5) is 0 Å². The van der Waals surface area contributed by atoms with Crippen molar-refractivity contribution >= 4 is 17.4 Å². The molecule has 1 aliphatic rings. The van der Waals surface area contributed by atoms with Gasteiger partial charge >= 0.3 is 0 Å². The standard InChI is InChI=1S/C24H21NO6/c1-14-5-7-15(8-6-14)22(27)20-21(16-9-10-18(26)19(12-16)30-2)25(24(29)23(20)28)13-17-4-3-11-31-17/h3-12,21,26-27H,13H2,1-2H3/b22-20-. The van der Waals surface area contributed by atoms with Gasteiger partial charge in [0.15, 0.2) is 11.5 Å². The molecule has 158 valence electrons. The third-order valence-corrected chi connectivity index (χ3v) is 5.29. The minimum atomic E-state index is -0.888. The van der Waals surface area contributed by atoms with Crippen molar-refractivity contribution in [2.75, 3.05) is 7.11 Å². The number of aryl methyl sites for hydroxylation is 1. The molecule has 1 aromatic heterocycles. The van der Waals surface area contributed by atoms with Gasteiger partial charge in [-0.3, -0.25) is 9.59 Å². The highest BCUT2D eigenvalue weighted by Gasteiger charge is 2.46. The second kappa shape index (κ2) is 8.02. The molecule has 1 aliphatic heterocycles. The molecular formula is C24H21NO6. The Morgan fingerprint density at radius 1 is 1.13 bits per heavy atom. The highest BCUT2D eigenvalue weighted by Crippen LogP contribution is 2.42. The Balaban J connectivity index is 1.89. The number of phenols is 1. The SMILES string of the molecule is COc1cc(C2/C(=C(/O)c3ccc(C)cc3)C(=O)C(=O)N2Cc2ccco2)ccc1O. The van der Waals surface area contributed by atoms with Crippen LogP contribution in [0.15, 0.2) is 70.9 Å². The summed E-state index contributed by atoms with van der Waals surface area (Å²) in [4.78, 5) is 27.3. The van der Waals surface area contributed by atoms with Crippen LogP contribution in [0.1, 0.15) is 28.5 Å². The Bertz CT molecular complexity index is 1160. The first-order valence-electron chi connectivity index (χ1n) is 9.65. The van der Waals surface area contributed by atoms with E-state index in [0.717, 1.165) is 5.56 Å². The number of nitrogens with zero attached hydrogens (tertiary/aromatic N) is 1. The Labute approximate surface area is 178 Å². The summed E-state index contributed by atoms with van der Waals surface area (Å²) in [7, 11) is 1.41. The number of benzene rings is 2. The predicted molar refractivity (Wildman–Crippen MR) is 112 cm³/mol. The van der Waals surface area contributed by atoms with Gasteiger partial charge in [0.1, 0.15) is 11.5 Å². The zero-order valence-electron chi connectivity index (χ0n) is 17.0. The molecular weight excluding hydrogens is 398 g/mol. The molecule has 2 aromatic carbocycles. The number of hydrogen-bond donors (Lipinski definition) is 2. The number of aromatic hydroxyl groups is 1. The number of methoxy groups -OCH3 is 1. The molecule has 0 spiro atoms. The topological polar surface area (TPSA) is 100 Å². The van der Waals surface area contributed by atoms with Gasteiger partial charge < -0.3 is 24.3 Å². The van der Waals surface area contributed by atoms with Crippen LogP contribution in [0.2, 0.25) is 0 Å². The van der Waals surface area contributed by atoms with Crippen LogP contribution in [0, 0.1) is 6.92 Å². The van der Waals surface area contributed by atoms with E-state index < -0.39 is 17.7 Å². The van der Waals surface area contributed by atoms with Gasteiger partial charge in [0.05, 0.1) is 31.5 Å². The number of likely N-dealkylation sites (tertiary alicyclic amines) is 1. The van der Waals surface area contributed by atoms with E-state index in [1.807, 2.05) is 19.1 Å². The maximum Gasteiger partial charge on any atom is 0.296 e. The number of aliphatic hydroxyl groups is 1. The zero-order chi connectivity index (χ0) is 22.1. The summed E-state index contributed by atoms with van der Waals surface area (Å²) in [6.45, 7) is 1.95. The highest BCUT2D eigenvalue weighted by atomic mass is 16.5. The lowest BCUT2D eigenvalue weighted by Crippen LogP contribution is -2.29. The van der Waals surface area contributed by atoms with Gasteiger partial charge in [-0.1, -0.05) is 35.9 Å². The molecule has 3 aromatic rings. The quantitative estimate of drug-likeness (QED) is 0.369. The number of carbonyl (C=O) groups is 2. The van der Waals surface area contributed by atoms with Crippen molar-refractivity contribution in [2.45, 2.75) is 19.5 Å². The maximum absolute atomic E-state index is 13.0. The normalized spacial score (nSPS) is 17.9. The molecule has 31 heavy (non-hydrogen) atoms. The Hall–Kier alpha value is -4.00. The van der Waals surface area contributed by atoms with Gasteiger partial charge in [-0.2, -0.15) is 0 Å². The Kier molecular flexibility index (Phi) is 5.25. The Morgan fingerprint density at radius 2 is 1.87 bits per heavy atom. The number of phenolic OH excluding ortho intramolecular Hbond substituents is 1. The number of Topliss-reactive ketones (excluding diaryl/α,β-unsaturated/α-hetero) is 1. The first-order chi connectivity index (χ1) is 14.9. The molecule has 0 aliphatic carbocycles. The Morgan fingerprint density at radius 3 is 2.52 bits per heavy atom. The summed E-state index contributed by atoms with van der Waals surface area (Å²) in [5, 5.41) is 21.0. The summed E-state index contributed by atoms with van der Waals surface area (Å²) in [5.74, 6) is -1.20. The van der Waals surface area contributed by atoms with E-state index in [1.54, 1.807) is 36.4 Å². The monoisotopic (exact) mass is 419 g/mol. The molecule has 1 fully saturated rings. The smallest absolute Gasteiger partial charge is 0.296 e. The second-order valence-electron chi connectivity index (χ2n) is 7.30. The fourth-order valence-electron chi connectivity index (χ4n) is 3.69. The van der Waals surface area contributed by atoms with Gasteiger partial charge in [-0.15, -0.1) is 0 Å². The van der Waals surface area contributed by atoms with Crippen LogP contribution in [0.25, 0.3) is 5.76 Å². The molecule has 2 heterocycles. The van der Waals surface area contributed by atoms with Crippen molar-refractivity contribution in [1.82, 2.24) is 4.90 Å². The number of amides is 1. The molecule has 0 saturated carbocycles. The van der Waals surface area contributed by atoms with Crippen molar-refractivity contribution in [2.24, 2.45) is 0 Å². The minimum absolute atomic E-state index is 0.0341. The van der Waals surface area contributed by atoms with E-state index in [-0.39, 0.29) is 29.4 Å². The predicted octanol–water partition coefficient (Wildman–Crippen LogP) is 3.92. The largest absolute Gasteiger partial charge is 0.507 e. The van der Waals surface area contributed by atoms with Gasteiger partial charge in [0.2, 0.25) is 0 Å². The van der Waals surface area contributed by atoms with Gasteiger partial charge in [0.25, 0.3) is 11.7 Å². The molecule has 1 amide bonds. The lowest BCUT2D eigenvalue weighted by atomic mass is 9.94. The summed E-state index contributed by atoms with van der Waals surface area (Å²) >= 11 is 0. The number of ether oxygens (including phenoxy) is 1. The first-order valence-corrected chi connectivity index (χ1v) is 9.65. The summed E-state index contributed by atoms with van der Waals surface area (Å²) in [6.07, 6.45) is 1.48. The minimum Gasteiger partial charge on any atom is -0.507 e. The second-order valence-corrected chi connectivity index (χ2v) is 7.30. The zero-order valence-corrected chi connectivity index (χ0v) is 17.0. The van der Waals surface area contributed by atoms with E-state index in [1.165, 1.54) is 24.3 Å². The molecule has 1 saturated heterocycles. The van der Waals surface area contributed by atoms with Crippen molar-refractivity contribution in [1.29, 1.82) is 0 Å². The van der Waals surface area contributed by atoms with E-state index in [9.17, 15) is 19.8 Å². The number of furan rings is 1. The van der Waals surface area contributed by atoms with Crippen LogP contribution in [-0.2, 0) is 16.1 Å². The lowest BCUT2D eigenvalue weighted by molar-refractivity contribution is -0.140. The van der Waals surface area contributed by atoms with Crippen LogP contribution >= 0.6 is 0 Å². The van der Waals surface area contributed by atoms with Crippen molar-refractivity contribution in [3.8, 4) is 11.5 Å². The average Bonchev–Trinajstić information content (AvgIpc) is 3.37. The molecule has 0 bridgehead atoms. The van der Waals surface area contributed by atoms with E-state index in [0.29, 0.717) is 16.9 Å². The van der Waals surface area contributed by atoms with E-state index >= 15 is 0 Å². The molecule has 4 rings (SSSR count). The number of ketones is 1. The molecule has 0 radical (unpaired) electrons. The lowest BCUT2D eigenvalue weighted by Gasteiger charge is -2.25.